The van der Waals surface area contributed by atoms with E-state index in [2.05, 4.69) is 31.4 Å². The lowest BCUT2D eigenvalue weighted by molar-refractivity contribution is -0.244. The van der Waals surface area contributed by atoms with Gasteiger partial charge in [-0.2, -0.15) is 8.78 Å². The highest BCUT2D eigenvalue weighted by Crippen LogP contribution is 2.36. The second-order valence-corrected chi connectivity index (χ2v) is 8.34. The lowest BCUT2D eigenvalue weighted by Crippen LogP contribution is -2.23. The highest BCUT2D eigenvalue weighted by molar-refractivity contribution is 5.26. The summed E-state index contributed by atoms with van der Waals surface area (Å²) in [6.45, 7) is 7.51. The number of ether oxygens (including phenoxy) is 1. The van der Waals surface area contributed by atoms with Crippen LogP contribution in [0.2, 0.25) is 0 Å². The van der Waals surface area contributed by atoms with Crippen LogP contribution in [0.3, 0.4) is 0 Å². The fourth-order valence-corrected chi connectivity index (χ4v) is 4.14. The molecule has 2 aromatic carbocycles. The number of allylic oxidation sites excluding steroid dienone is 2. The molecule has 0 unspecified atom stereocenters. The fraction of sp³-hybridized carbons (Fsp3) is 0.407. The van der Waals surface area contributed by atoms with Crippen molar-refractivity contribution in [2.75, 3.05) is 0 Å². The number of aryl methyl sites for hydroxylation is 1. The molecule has 3 heteroatoms. The van der Waals surface area contributed by atoms with Crippen LogP contribution >= 0.6 is 0 Å². The van der Waals surface area contributed by atoms with Crippen molar-refractivity contribution in [2.24, 2.45) is 5.92 Å². The maximum absolute atomic E-state index is 14.3. The van der Waals surface area contributed by atoms with E-state index < -0.39 is 12.5 Å². The summed E-state index contributed by atoms with van der Waals surface area (Å²) in [6, 6.07) is 15.3. The number of hydrogen-bond donors (Lipinski definition) is 0. The van der Waals surface area contributed by atoms with E-state index in [-0.39, 0.29) is 6.61 Å². The van der Waals surface area contributed by atoms with Gasteiger partial charge in [-0.05, 0) is 72.6 Å². The molecule has 0 aliphatic heterocycles. The summed E-state index contributed by atoms with van der Waals surface area (Å²) >= 11 is 0. The molecule has 0 radical (unpaired) electrons. The molecular formula is C27H32F2O. The average molecular weight is 411 g/mol. The molecule has 0 spiro atoms. The Morgan fingerprint density at radius 3 is 2.07 bits per heavy atom. The van der Waals surface area contributed by atoms with E-state index in [0.29, 0.717) is 17.4 Å². The lowest BCUT2D eigenvalue weighted by atomic mass is 9.79. The zero-order valence-corrected chi connectivity index (χ0v) is 17.7. The van der Waals surface area contributed by atoms with Crippen molar-refractivity contribution < 1.29 is 13.5 Å². The van der Waals surface area contributed by atoms with Crippen LogP contribution in [-0.2, 0) is 24.2 Å². The molecular weight excluding hydrogens is 378 g/mol. The van der Waals surface area contributed by atoms with Gasteiger partial charge in [0.2, 0.25) is 0 Å². The van der Waals surface area contributed by atoms with Crippen molar-refractivity contribution in [3.05, 3.63) is 96.1 Å². The molecule has 1 saturated carbocycles. The molecule has 0 bridgehead atoms. The molecule has 0 aromatic heterocycles. The van der Waals surface area contributed by atoms with Gasteiger partial charge >= 0.3 is 6.11 Å². The summed E-state index contributed by atoms with van der Waals surface area (Å²) in [6.07, 6.45) is 6.76. The molecule has 1 nitrogen and oxygen atoms in total. The highest BCUT2D eigenvalue weighted by Gasteiger charge is 2.30. The maximum atomic E-state index is 14.3. The third-order valence-corrected chi connectivity index (χ3v) is 6.08. The van der Waals surface area contributed by atoms with Gasteiger partial charge in [-0.25, -0.2) is 0 Å². The molecule has 160 valence electrons. The first kappa shape index (κ1) is 22.4. The first-order chi connectivity index (χ1) is 14.5. The van der Waals surface area contributed by atoms with Crippen molar-refractivity contribution in [3.63, 3.8) is 0 Å². The predicted octanol–water partition coefficient (Wildman–Crippen LogP) is 7.62. The van der Waals surface area contributed by atoms with Gasteiger partial charge in [0.1, 0.15) is 0 Å². The Kier molecular flexibility index (Phi) is 7.98. The van der Waals surface area contributed by atoms with E-state index >= 15 is 0 Å². The van der Waals surface area contributed by atoms with Gasteiger partial charge in [0, 0.05) is 0 Å². The quantitative estimate of drug-likeness (QED) is 0.366. The fourth-order valence-electron chi connectivity index (χ4n) is 4.14. The van der Waals surface area contributed by atoms with Crippen LogP contribution in [0.25, 0.3) is 0 Å². The Morgan fingerprint density at radius 2 is 1.47 bits per heavy atom. The van der Waals surface area contributed by atoms with Crippen molar-refractivity contribution >= 4 is 0 Å². The third kappa shape index (κ3) is 6.63. The lowest BCUT2D eigenvalue weighted by Gasteiger charge is -2.27. The Balaban J connectivity index is 1.49. The topological polar surface area (TPSA) is 9.23 Å². The summed E-state index contributed by atoms with van der Waals surface area (Å²) in [5, 5.41) is 0. The van der Waals surface area contributed by atoms with E-state index in [4.69, 9.17) is 4.74 Å². The standard InChI is InChI=1S/C27H32F2O/c1-3-5-6-22-7-9-23(10-8-22)19-27(28,29)30-20-24-13-17-26(18-14-24)25-15-11-21(4-2)12-16-25/h3-4,7-10,13-14,17-18,21,25H,1-2,5-6,11-12,15-16,19-20H2. The van der Waals surface area contributed by atoms with Gasteiger partial charge in [0.05, 0.1) is 13.0 Å². The van der Waals surface area contributed by atoms with Crippen LogP contribution in [0, 0.1) is 5.92 Å². The first-order valence-electron chi connectivity index (χ1n) is 10.9. The van der Waals surface area contributed by atoms with E-state index in [0.717, 1.165) is 36.8 Å². The summed E-state index contributed by atoms with van der Waals surface area (Å²) in [4.78, 5) is 0. The zero-order chi connectivity index (χ0) is 21.4. The Morgan fingerprint density at radius 1 is 0.867 bits per heavy atom. The van der Waals surface area contributed by atoms with Gasteiger partial charge in [0.25, 0.3) is 0 Å². The van der Waals surface area contributed by atoms with Crippen LogP contribution in [0.5, 0.6) is 0 Å². The van der Waals surface area contributed by atoms with Crippen LogP contribution in [0.1, 0.15) is 60.3 Å². The SMILES string of the molecule is C=CCCc1ccc(CC(F)(F)OCc2ccc(C3CCC(C=C)CC3)cc2)cc1. The molecule has 0 saturated heterocycles. The summed E-state index contributed by atoms with van der Waals surface area (Å²) in [5.41, 5.74) is 3.77. The Bertz CT molecular complexity index is 800. The first-order valence-corrected chi connectivity index (χ1v) is 10.9. The number of benzene rings is 2. The monoisotopic (exact) mass is 410 g/mol. The second-order valence-electron chi connectivity index (χ2n) is 8.34. The minimum Gasteiger partial charge on any atom is -0.315 e. The third-order valence-electron chi connectivity index (χ3n) is 6.08. The minimum absolute atomic E-state index is 0.0894. The van der Waals surface area contributed by atoms with E-state index in [1.54, 1.807) is 12.1 Å². The molecule has 2 aromatic rings. The number of hydrogen-bond acceptors (Lipinski definition) is 1. The number of alkyl halides is 2. The molecule has 0 atom stereocenters. The molecule has 3 rings (SSSR count). The summed E-state index contributed by atoms with van der Waals surface area (Å²) in [5.74, 6) is 1.20. The predicted molar refractivity (Wildman–Crippen MR) is 120 cm³/mol. The molecule has 1 fully saturated rings. The Labute approximate surface area is 179 Å². The highest BCUT2D eigenvalue weighted by atomic mass is 19.3. The Hall–Kier alpha value is -2.26. The summed E-state index contributed by atoms with van der Waals surface area (Å²) < 4.78 is 33.6. The van der Waals surface area contributed by atoms with Crippen molar-refractivity contribution in [2.45, 2.75) is 63.6 Å². The normalized spacial score (nSPS) is 19.4. The molecule has 0 N–H and O–H groups in total. The maximum Gasteiger partial charge on any atom is 0.360 e. The molecule has 1 aliphatic carbocycles. The van der Waals surface area contributed by atoms with Gasteiger partial charge in [0.15, 0.2) is 0 Å². The van der Waals surface area contributed by atoms with Gasteiger partial charge in [-0.3, -0.25) is 0 Å². The second kappa shape index (κ2) is 10.7. The van der Waals surface area contributed by atoms with Crippen molar-refractivity contribution in [1.82, 2.24) is 0 Å². The largest absolute Gasteiger partial charge is 0.360 e. The average Bonchev–Trinajstić information content (AvgIpc) is 2.77. The smallest absolute Gasteiger partial charge is 0.315 e. The van der Waals surface area contributed by atoms with Crippen LogP contribution in [-0.4, -0.2) is 6.11 Å². The van der Waals surface area contributed by atoms with Gasteiger partial charge < -0.3 is 4.74 Å². The van der Waals surface area contributed by atoms with Gasteiger partial charge in [-0.1, -0.05) is 60.7 Å². The van der Waals surface area contributed by atoms with E-state index in [9.17, 15) is 8.78 Å². The van der Waals surface area contributed by atoms with Crippen LogP contribution in [0.4, 0.5) is 8.78 Å². The molecule has 1 aliphatic rings. The van der Waals surface area contributed by atoms with Crippen molar-refractivity contribution in [3.8, 4) is 0 Å². The van der Waals surface area contributed by atoms with Crippen LogP contribution < -0.4 is 0 Å². The summed E-state index contributed by atoms with van der Waals surface area (Å²) in [7, 11) is 0. The molecule has 30 heavy (non-hydrogen) atoms. The van der Waals surface area contributed by atoms with Crippen molar-refractivity contribution in [1.29, 1.82) is 0 Å². The zero-order valence-electron chi connectivity index (χ0n) is 17.7. The molecule has 0 amide bonds. The minimum atomic E-state index is -3.19. The van der Waals surface area contributed by atoms with Crippen LogP contribution in [0.15, 0.2) is 73.8 Å². The van der Waals surface area contributed by atoms with E-state index in [1.807, 2.05) is 30.3 Å². The van der Waals surface area contributed by atoms with E-state index in [1.165, 1.54) is 18.4 Å². The molecule has 0 heterocycles. The van der Waals surface area contributed by atoms with Gasteiger partial charge in [-0.15, -0.1) is 13.2 Å². The number of halogens is 2. The number of rotatable bonds is 10.